The van der Waals surface area contributed by atoms with E-state index in [1.807, 2.05) is 6.92 Å². The zero-order valence-corrected chi connectivity index (χ0v) is 8.09. The minimum Gasteiger partial charge on any atom is -0.385 e. The molecule has 1 N–H and O–H groups in total. The quantitative estimate of drug-likeness (QED) is 0.623. The monoisotopic (exact) mass is 174 g/mol. The third kappa shape index (κ3) is 4.96. The second-order valence-electron chi connectivity index (χ2n) is 2.60. The second kappa shape index (κ2) is 6.91. The Morgan fingerprint density at radius 3 is 2.75 bits per heavy atom. The number of hydrogen-bond donors (Lipinski definition) is 1. The van der Waals surface area contributed by atoms with Crippen molar-refractivity contribution >= 4 is 6.03 Å². The van der Waals surface area contributed by atoms with Gasteiger partial charge in [-0.3, -0.25) is 0 Å². The van der Waals surface area contributed by atoms with E-state index in [-0.39, 0.29) is 6.03 Å². The molecule has 0 fully saturated rings. The summed E-state index contributed by atoms with van der Waals surface area (Å²) >= 11 is 0. The Labute approximate surface area is 73.9 Å². The number of carbonyl (C=O) groups excluding carboxylic acids is 1. The number of nitrogens with zero attached hydrogens (tertiary/aromatic N) is 1. The van der Waals surface area contributed by atoms with Gasteiger partial charge in [0.15, 0.2) is 0 Å². The summed E-state index contributed by atoms with van der Waals surface area (Å²) in [5.41, 5.74) is 0. The number of urea groups is 1. The fourth-order valence-electron chi connectivity index (χ4n) is 0.834. The van der Waals surface area contributed by atoms with Crippen molar-refractivity contribution in [3.05, 3.63) is 0 Å². The molecule has 0 spiro atoms. The molecule has 0 bridgehead atoms. The molecule has 2 amide bonds. The molecule has 0 aliphatic carbocycles. The first-order valence-electron chi connectivity index (χ1n) is 4.20. The van der Waals surface area contributed by atoms with Crippen molar-refractivity contribution in [3.8, 4) is 0 Å². The molecular formula is C8H18N2O2. The number of ether oxygens (including phenoxy) is 1. The van der Waals surface area contributed by atoms with Crippen LogP contribution < -0.4 is 5.32 Å². The van der Waals surface area contributed by atoms with Gasteiger partial charge in [-0.15, -0.1) is 0 Å². The van der Waals surface area contributed by atoms with Crippen molar-refractivity contribution in [3.63, 3.8) is 0 Å². The Balaban J connectivity index is 3.42. The van der Waals surface area contributed by atoms with Gasteiger partial charge in [-0.1, -0.05) is 0 Å². The van der Waals surface area contributed by atoms with Crippen LogP contribution in [-0.2, 0) is 4.74 Å². The van der Waals surface area contributed by atoms with Crippen LogP contribution in [0.25, 0.3) is 0 Å². The third-order valence-electron chi connectivity index (χ3n) is 1.52. The van der Waals surface area contributed by atoms with Crippen molar-refractivity contribution in [1.82, 2.24) is 10.2 Å². The van der Waals surface area contributed by atoms with Crippen molar-refractivity contribution < 1.29 is 9.53 Å². The molecule has 0 atom stereocenters. The topological polar surface area (TPSA) is 41.6 Å². The Morgan fingerprint density at radius 2 is 2.25 bits per heavy atom. The molecule has 0 aromatic carbocycles. The van der Waals surface area contributed by atoms with Crippen LogP contribution in [0.4, 0.5) is 4.79 Å². The SMILES string of the molecule is CCNC(=O)N(C)CCCOC. The zero-order chi connectivity index (χ0) is 9.40. The van der Waals surface area contributed by atoms with Crippen molar-refractivity contribution in [2.45, 2.75) is 13.3 Å². The molecule has 0 aromatic heterocycles. The van der Waals surface area contributed by atoms with E-state index in [9.17, 15) is 4.79 Å². The largest absolute Gasteiger partial charge is 0.385 e. The van der Waals surface area contributed by atoms with E-state index in [2.05, 4.69) is 5.32 Å². The van der Waals surface area contributed by atoms with E-state index >= 15 is 0 Å². The molecule has 0 aliphatic heterocycles. The Morgan fingerprint density at radius 1 is 1.58 bits per heavy atom. The highest BCUT2D eigenvalue weighted by Crippen LogP contribution is 1.88. The van der Waals surface area contributed by atoms with Crippen molar-refractivity contribution in [1.29, 1.82) is 0 Å². The number of rotatable bonds is 5. The van der Waals surface area contributed by atoms with E-state index < -0.39 is 0 Å². The normalized spacial score (nSPS) is 9.58. The van der Waals surface area contributed by atoms with E-state index in [0.717, 1.165) is 13.0 Å². The van der Waals surface area contributed by atoms with Crippen LogP contribution in [0.2, 0.25) is 0 Å². The fourth-order valence-corrected chi connectivity index (χ4v) is 0.834. The molecule has 0 saturated heterocycles. The molecule has 0 heterocycles. The summed E-state index contributed by atoms with van der Waals surface area (Å²) in [5.74, 6) is 0. The van der Waals surface area contributed by atoms with Crippen LogP contribution in [-0.4, -0.2) is 44.8 Å². The minimum absolute atomic E-state index is 0.0198. The number of amides is 2. The Hall–Kier alpha value is -0.770. The lowest BCUT2D eigenvalue weighted by molar-refractivity contribution is 0.176. The first-order valence-corrected chi connectivity index (χ1v) is 4.20. The summed E-state index contributed by atoms with van der Waals surface area (Å²) in [4.78, 5) is 12.8. The van der Waals surface area contributed by atoms with E-state index in [4.69, 9.17) is 4.74 Å². The Kier molecular flexibility index (Phi) is 6.47. The highest BCUT2D eigenvalue weighted by atomic mass is 16.5. The van der Waals surface area contributed by atoms with Gasteiger partial charge in [0.05, 0.1) is 0 Å². The van der Waals surface area contributed by atoms with Crippen LogP contribution in [0, 0.1) is 0 Å². The average molecular weight is 174 g/mol. The summed E-state index contributed by atoms with van der Waals surface area (Å²) in [5, 5.41) is 2.72. The summed E-state index contributed by atoms with van der Waals surface area (Å²) in [7, 11) is 3.44. The van der Waals surface area contributed by atoms with Gasteiger partial charge in [-0.25, -0.2) is 4.79 Å². The van der Waals surface area contributed by atoms with Gasteiger partial charge in [-0.05, 0) is 13.3 Å². The first-order chi connectivity index (χ1) is 5.72. The lowest BCUT2D eigenvalue weighted by Gasteiger charge is -2.16. The van der Waals surface area contributed by atoms with Crippen molar-refractivity contribution in [2.75, 3.05) is 33.9 Å². The highest BCUT2D eigenvalue weighted by molar-refractivity contribution is 5.73. The van der Waals surface area contributed by atoms with E-state index in [0.29, 0.717) is 13.2 Å². The summed E-state index contributed by atoms with van der Waals surface area (Å²) < 4.78 is 4.87. The minimum atomic E-state index is -0.0198. The van der Waals surface area contributed by atoms with Crippen LogP contribution in [0.5, 0.6) is 0 Å². The van der Waals surface area contributed by atoms with Gasteiger partial charge in [-0.2, -0.15) is 0 Å². The van der Waals surface area contributed by atoms with E-state index in [1.54, 1.807) is 19.1 Å². The molecule has 0 saturated carbocycles. The number of hydrogen-bond acceptors (Lipinski definition) is 2. The van der Waals surface area contributed by atoms with Crippen LogP contribution in [0.3, 0.4) is 0 Å². The van der Waals surface area contributed by atoms with Gasteiger partial charge in [0, 0.05) is 33.9 Å². The lowest BCUT2D eigenvalue weighted by Crippen LogP contribution is -2.37. The molecule has 0 unspecified atom stereocenters. The van der Waals surface area contributed by atoms with Crippen LogP contribution in [0.1, 0.15) is 13.3 Å². The average Bonchev–Trinajstić information content (AvgIpc) is 2.05. The predicted molar refractivity (Wildman–Crippen MR) is 48.2 cm³/mol. The molecule has 12 heavy (non-hydrogen) atoms. The highest BCUT2D eigenvalue weighted by Gasteiger charge is 2.04. The van der Waals surface area contributed by atoms with Gasteiger partial charge in [0.2, 0.25) is 0 Å². The first kappa shape index (κ1) is 11.2. The molecule has 72 valence electrons. The molecule has 4 heteroatoms. The fraction of sp³-hybridized carbons (Fsp3) is 0.875. The molecule has 0 aliphatic rings. The van der Waals surface area contributed by atoms with Crippen molar-refractivity contribution in [2.24, 2.45) is 0 Å². The lowest BCUT2D eigenvalue weighted by atomic mass is 10.4. The second-order valence-corrected chi connectivity index (χ2v) is 2.60. The van der Waals surface area contributed by atoms with Crippen LogP contribution in [0.15, 0.2) is 0 Å². The number of methoxy groups -OCH3 is 1. The summed E-state index contributed by atoms with van der Waals surface area (Å²) in [6.07, 6.45) is 0.879. The van der Waals surface area contributed by atoms with Crippen LogP contribution >= 0.6 is 0 Å². The van der Waals surface area contributed by atoms with Gasteiger partial charge >= 0.3 is 6.03 Å². The molecule has 0 aromatic rings. The third-order valence-corrected chi connectivity index (χ3v) is 1.52. The Bertz CT molecular complexity index is 128. The maximum Gasteiger partial charge on any atom is 0.317 e. The number of nitrogens with one attached hydrogen (secondary N) is 1. The summed E-state index contributed by atoms with van der Waals surface area (Å²) in [6.45, 7) is 4.01. The predicted octanol–water partition coefficient (Wildman–Crippen LogP) is 0.684. The molecule has 4 nitrogen and oxygen atoms in total. The standard InChI is InChI=1S/C8H18N2O2/c1-4-9-8(11)10(2)6-5-7-12-3/h4-7H2,1-3H3,(H,9,11). The summed E-state index contributed by atoms with van der Waals surface area (Å²) in [6, 6.07) is -0.0198. The smallest absolute Gasteiger partial charge is 0.317 e. The van der Waals surface area contributed by atoms with Gasteiger partial charge in [0.25, 0.3) is 0 Å². The van der Waals surface area contributed by atoms with E-state index in [1.165, 1.54) is 0 Å². The van der Waals surface area contributed by atoms with Gasteiger partial charge < -0.3 is 15.0 Å². The molecule has 0 radical (unpaired) electrons. The maximum absolute atomic E-state index is 11.1. The molecular weight excluding hydrogens is 156 g/mol. The van der Waals surface area contributed by atoms with Gasteiger partial charge in [0.1, 0.15) is 0 Å². The number of carbonyl (C=O) groups is 1. The zero-order valence-electron chi connectivity index (χ0n) is 8.09. The maximum atomic E-state index is 11.1. The molecule has 0 rings (SSSR count).